The number of alkyl halides is 3. The molecular weight excluding hydrogens is 450 g/mol. The smallest absolute Gasteiger partial charge is 0.319 e. The van der Waals surface area contributed by atoms with Crippen LogP contribution in [0.4, 0.5) is 23.4 Å². The van der Waals surface area contributed by atoms with Gasteiger partial charge in [0.2, 0.25) is 0 Å². The first kappa shape index (κ1) is 21.9. The van der Waals surface area contributed by atoms with Crippen LogP contribution in [0.15, 0.2) is 6.20 Å². The highest BCUT2D eigenvalue weighted by molar-refractivity contribution is 6.30. The molecule has 0 spiro atoms. The van der Waals surface area contributed by atoms with Crippen LogP contribution < -0.4 is 9.64 Å². The topological polar surface area (TPSA) is 54.4 Å². The van der Waals surface area contributed by atoms with Crippen LogP contribution in [-0.4, -0.2) is 70.3 Å². The van der Waals surface area contributed by atoms with Crippen LogP contribution in [0.1, 0.15) is 38.5 Å². The highest BCUT2D eigenvalue weighted by Crippen LogP contribution is 2.41. The molecular formula is C21H24ClF4N5O. The molecule has 0 amide bonds. The van der Waals surface area contributed by atoms with Gasteiger partial charge >= 0.3 is 6.01 Å². The third kappa shape index (κ3) is 3.96. The first-order chi connectivity index (χ1) is 15.3. The quantitative estimate of drug-likeness (QED) is 0.484. The van der Waals surface area contributed by atoms with E-state index in [0.717, 1.165) is 19.4 Å². The summed E-state index contributed by atoms with van der Waals surface area (Å²) in [5.74, 6) is -3.61. The maximum atomic E-state index is 14.8. The molecule has 0 saturated carbocycles. The molecule has 3 saturated heterocycles. The predicted octanol–water partition coefficient (Wildman–Crippen LogP) is 4.40. The lowest BCUT2D eigenvalue weighted by Crippen LogP contribution is -2.43. The molecule has 2 atom stereocenters. The van der Waals surface area contributed by atoms with Crippen LogP contribution in [0.3, 0.4) is 0 Å². The summed E-state index contributed by atoms with van der Waals surface area (Å²) in [4.78, 5) is 15.9. The second-order valence-corrected chi connectivity index (χ2v) is 9.41. The maximum Gasteiger partial charge on any atom is 0.319 e. The van der Waals surface area contributed by atoms with E-state index in [1.54, 1.807) is 0 Å². The van der Waals surface area contributed by atoms with Crippen molar-refractivity contribution in [2.75, 3.05) is 37.7 Å². The molecule has 5 rings (SSSR count). The van der Waals surface area contributed by atoms with Crippen LogP contribution in [0.25, 0.3) is 10.9 Å². The number of hydrogen-bond donors (Lipinski definition) is 0. The van der Waals surface area contributed by atoms with Crippen molar-refractivity contribution >= 4 is 28.3 Å². The van der Waals surface area contributed by atoms with Crippen molar-refractivity contribution in [1.29, 1.82) is 0 Å². The Labute approximate surface area is 187 Å². The summed E-state index contributed by atoms with van der Waals surface area (Å²) < 4.78 is 63.4. The zero-order chi connectivity index (χ0) is 22.5. The Bertz CT molecular complexity index is 1030. The Hall–Kier alpha value is -1.94. The number of rotatable bonds is 4. The minimum Gasteiger partial charge on any atom is -0.461 e. The van der Waals surface area contributed by atoms with Gasteiger partial charge in [-0.3, -0.25) is 4.90 Å². The number of ether oxygens (including phenoxy) is 1. The SMILES string of the molecule is Fc1c(Cl)ncc2c(N3CCCCC(F)(F)C3)nc(OC[C@@]34CCCN3C[C@H](F)C4)nc12. The first-order valence-corrected chi connectivity index (χ1v) is 11.3. The second-order valence-electron chi connectivity index (χ2n) is 9.05. The number of fused-ring (bicyclic) bond motifs is 2. The summed E-state index contributed by atoms with van der Waals surface area (Å²) in [6.07, 6.45) is 3.19. The standard InChI is InChI=1S/C21H24ClF4N5O/c22-17-15(24)16-14(9-27-17)18(30-6-2-1-5-21(25,26)11-30)29-19(28-16)32-12-20-4-3-7-31(20)10-13(23)8-20/h9,13H,1-8,10-12H2/t13-,20+/m1/s1. The summed E-state index contributed by atoms with van der Waals surface area (Å²) in [5, 5.41) is -0.173. The molecule has 0 aromatic carbocycles. The molecule has 2 aromatic heterocycles. The van der Waals surface area contributed by atoms with E-state index in [-0.39, 0.29) is 40.9 Å². The minimum absolute atomic E-state index is 0.131. The van der Waals surface area contributed by atoms with Crippen molar-refractivity contribution in [3.8, 4) is 6.01 Å². The summed E-state index contributed by atoms with van der Waals surface area (Å²) in [7, 11) is 0. The van der Waals surface area contributed by atoms with E-state index < -0.39 is 30.0 Å². The zero-order valence-corrected chi connectivity index (χ0v) is 18.2. The van der Waals surface area contributed by atoms with Gasteiger partial charge in [0, 0.05) is 32.1 Å². The van der Waals surface area contributed by atoms with E-state index in [0.29, 0.717) is 32.4 Å². The monoisotopic (exact) mass is 473 g/mol. The number of aromatic nitrogens is 3. The molecule has 11 heteroatoms. The van der Waals surface area contributed by atoms with E-state index in [1.165, 1.54) is 11.1 Å². The van der Waals surface area contributed by atoms with Crippen LogP contribution in [-0.2, 0) is 0 Å². The van der Waals surface area contributed by atoms with Gasteiger partial charge in [-0.25, -0.2) is 22.5 Å². The highest BCUT2D eigenvalue weighted by Gasteiger charge is 2.49. The molecule has 3 aliphatic rings. The van der Waals surface area contributed by atoms with Gasteiger partial charge in [0.1, 0.15) is 24.1 Å². The highest BCUT2D eigenvalue weighted by atomic mass is 35.5. The minimum atomic E-state index is -2.89. The molecule has 3 fully saturated rings. The third-order valence-electron chi connectivity index (χ3n) is 6.77. The Balaban J connectivity index is 1.51. The number of nitrogens with zero attached hydrogens (tertiary/aromatic N) is 5. The fourth-order valence-electron chi connectivity index (χ4n) is 5.26. The normalized spacial score (nSPS) is 28.2. The van der Waals surface area contributed by atoms with Crippen LogP contribution >= 0.6 is 11.6 Å². The van der Waals surface area contributed by atoms with E-state index in [4.69, 9.17) is 16.3 Å². The van der Waals surface area contributed by atoms with Crippen molar-refractivity contribution in [3.05, 3.63) is 17.2 Å². The Morgan fingerprint density at radius 3 is 2.84 bits per heavy atom. The van der Waals surface area contributed by atoms with E-state index in [1.807, 2.05) is 0 Å². The lowest BCUT2D eigenvalue weighted by molar-refractivity contribution is 0.00337. The molecule has 174 valence electrons. The molecule has 6 nitrogen and oxygen atoms in total. The van der Waals surface area contributed by atoms with E-state index in [2.05, 4.69) is 19.9 Å². The van der Waals surface area contributed by atoms with Gasteiger partial charge < -0.3 is 9.64 Å². The fraction of sp³-hybridized carbons (Fsp3) is 0.667. The van der Waals surface area contributed by atoms with E-state index >= 15 is 0 Å². The average Bonchev–Trinajstić information content (AvgIpc) is 3.19. The van der Waals surface area contributed by atoms with Crippen molar-refractivity contribution in [2.45, 2.75) is 56.2 Å². The van der Waals surface area contributed by atoms with Gasteiger partial charge in [-0.1, -0.05) is 11.6 Å². The van der Waals surface area contributed by atoms with Gasteiger partial charge in [0.25, 0.3) is 5.92 Å². The number of anilines is 1. The molecule has 0 unspecified atom stereocenters. The molecule has 0 bridgehead atoms. The average molecular weight is 474 g/mol. The van der Waals surface area contributed by atoms with Gasteiger partial charge in [-0.2, -0.15) is 9.97 Å². The molecule has 5 heterocycles. The number of hydrogen-bond acceptors (Lipinski definition) is 6. The van der Waals surface area contributed by atoms with Crippen LogP contribution in [0.2, 0.25) is 5.15 Å². The number of halogens is 5. The lowest BCUT2D eigenvalue weighted by Gasteiger charge is -2.31. The molecule has 0 radical (unpaired) electrons. The first-order valence-electron chi connectivity index (χ1n) is 10.9. The predicted molar refractivity (Wildman–Crippen MR) is 112 cm³/mol. The zero-order valence-electron chi connectivity index (χ0n) is 17.5. The molecule has 0 N–H and O–H groups in total. The van der Waals surface area contributed by atoms with Crippen molar-refractivity contribution in [2.24, 2.45) is 0 Å². The van der Waals surface area contributed by atoms with Gasteiger partial charge in [-0.15, -0.1) is 0 Å². The molecule has 2 aromatic rings. The van der Waals surface area contributed by atoms with Gasteiger partial charge in [0.15, 0.2) is 11.0 Å². The Morgan fingerprint density at radius 1 is 1.16 bits per heavy atom. The third-order valence-corrected chi connectivity index (χ3v) is 7.04. The lowest BCUT2D eigenvalue weighted by atomic mass is 9.95. The van der Waals surface area contributed by atoms with E-state index in [9.17, 15) is 17.6 Å². The molecule has 32 heavy (non-hydrogen) atoms. The summed E-state index contributed by atoms with van der Waals surface area (Å²) in [5.41, 5.74) is -0.574. The fourth-order valence-corrected chi connectivity index (χ4v) is 5.40. The number of pyridine rings is 1. The maximum absolute atomic E-state index is 14.8. The summed E-state index contributed by atoms with van der Waals surface area (Å²) in [6.45, 7) is 1.12. The molecule has 3 aliphatic heterocycles. The van der Waals surface area contributed by atoms with Gasteiger partial charge in [-0.05, 0) is 32.2 Å². The second kappa shape index (κ2) is 8.13. The van der Waals surface area contributed by atoms with Crippen LogP contribution in [0, 0.1) is 5.82 Å². The van der Waals surface area contributed by atoms with Crippen molar-refractivity contribution < 1.29 is 22.3 Å². The Morgan fingerprint density at radius 2 is 2.00 bits per heavy atom. The summed E-state index contributed by atoms with van der Waals surface area (Å²) in [6, 6.07) is -0.134. The summed E-state index contributed by atoms with van der Waals surface area (Å²) >= 11 is 5.85. The van der Waals surface area contributed by atoms with Gasteiger partial charge in [0.05, 0.1) is 17.5 Å². The largest absolute Gasteiger partial charge is 0.461 e. The van der Waals surface area contributed by atoms with Crippen molar-refractivity contribution in [3.63, 3.8) is 0 Å². The molecule has 0 aliphatic carbocycles. The Kier molecular flexibility index (Phi) is 5.56. The van der Waals surface area contributed by atoms with Crippen molar-refractivity contribution in [1.82, 2.24) is 19.9 Å². The van der Waals surface area contributed by atoms with Crippen LogP contribution in [0.5, 0.6) is 6.01 Å².